The van der Waals surface area contributed by atoms with Crippen LogP contribution in [0.4, 0.5) is 8.78 Å². The highest BCUT2D eigenvalue weighted by molar-refractivity contribution is 5.89. The fourth-order valence-corrected chi connectivity index (χ4v) is 3.60. The zero-order valence-electron chi connectivity index (χ0n) is 16.3. The van der Waals surface area contributed by atoms with Gasteiger partial charge in [-0.3, -0.25) is 0 Å². The standard InChI is InChI=1S/C27H19F2N/c1-2-3-4-18-5-7-19(8-6-18)20-9-11-21(12-10-20)22-13-14-24-23(15-22)16-26(28)25(17-30)27(24)29/h2,5-16H,1,3-4H2. The van der Waals surface area contributed by atoms with Crippen molar-refractivity contribution in [2.45, 2.75) is 12.8 Å². The summed E-state index contributed by atoms with van der Waals surface area (Å²) >= 11 is 0. The first-order valence-corrected chi connectivity index (χ1v) is 9.73. The number of benzene rings is 4. The molecule has 0 amide bonds. The van der Waals surface area contributed by atoms with E-state index >= 15 is 0 Å². The zero-order chi connectivity index (χ0) is 21.1. The summed E-state index contributed by atoms with van der Waals surface area (Å²) in [6.07, 6.45) is 3.87. The molecule has 0 atom stereocenters. The Morgan fingerprint density at radius 1 is 0.800 bits per heavy atom. The van der Waals surface area contributed by atoms with Gasteiger partial charge in [-0.15, -0.1) is 6.58 Å². The largest absolute Gasteiger partial charge is 0.205 e. The number of fused-ring (bicyclic) bond motifs is 1. The molecule has 3 heteroatoms. The molecule has 0 aliphatic rings. The molecule has 0 saturated carbocycles. The molecule has 0 saturated heterocycles. The van der Waals surface area contributed by atoms with E-state index < -0.39 is 17.2 Å². The average molecular weight is 395 g/mol. The zero-order valence-corrected chi connectivity index (χ0v) is 16.3. The summed E-state index contributed by atoms with van der Waals surface area (Å²) in [5.41, 5.74) is 4.78. The van der Waals surface area contributed by atoms with Crippen molar-refractivity contribution in [1.29, 1.82) is 5.26 Å². The number of hydrogen-bond donors (Lipinski definition) is 0. The molecule has 4 aromatic rings. The van der Waals surface area contributed by atoms with Crippen LogP contribution in [0.15, 0.2) is 85.5 Å². The van der Waals surface area contributed by atoms with E-state index in [0.717, 1.165) is 35.1 Å². The Bertz CT molecular complexity index is 1260. The van der Waals surface area contributed by atoms with Gasteiger partial charge in [-0.2, -0.15) is 5.26 Å². The highest BCUT2D eigenvalue weighted by Gasteiger charge is 2.14. The third-order valence-electron chi connectivity index (χ3n) is 5.28. The van der Waals surface area contributed by atoms with Gasteiger partial charge in [0.1, 0.15) is 17.4 Å². The lowest BCUT2D eigenvalue weighted by atomic mass is 9.97. The van der Waals surface area contributed by atoms with Crippen LogP contribution in [0.3, 0.4) is 0 Å². The Morgan fingerprint density at radius 2 is 1.37 bits per heavy atom. The van der Waals surface area contributed by atoms with Gasteiger partial charge in [0.2, 0.25) is 0 Å². The first-order valence-electron chi connectivity index (χ1n) is 9.73. The maximum atomic E-state index is 14.3. The Labute approximate surface area is 174 Å². The highest BCUT2D eigenvalue weighted by atomic mass is 19.1. The summed E-state index contributed by atoms with van der Waals surface area (Å²) in [6.45, 7) is 3.76. The second-order valence-corrected chi connectivity index (χ2v) is 7.20. The number of halogens is 2. The topological polar surface area (TPSA) is 23.8 Å². The van der Waals surface area contributed by atoms with Crippen LogP contribution in [-0.4, -0.2) is 0 Å². The second-order valence-electron chi connectivity index (χ2n) is 7.20. The maximum Gasteiger partial charge on any atom is 0.151 e. The van der Waals surface area contributed by atoms with Crippen LogP contribution in [0.2, 0.25) is 0 Å². The lowest BCUT2D eigenvalue weighted by Crippen LogP contribution is -1.92. The molecule has 0 spiro atoms. The number of nitrogens with zero attached hydrogens (tertiary/aromatic N) is 1. The molecule has 0 radical (unpaired) electrons. The molecule has 0 unspecified atom stereocenters. The Kier molecular flexibility index (Phi) is 5.41. The number of aryl methyl sites for hydroxylation is 1. The second kappa shape index (κ2) is 8.31. The monoisotopic (exact) mass is 395 g/mol. The molecule has 4 rings (SSSR count). The third kappa shape index (κ3) is 3.73. The van der Waals surface area contributed by atoms with Crippen LogP contribution in [0, 0.1) is 23.0 Å². The van der Waals surface area contributed by atoms with Crippen molar-refractivity contribution in [3.05, 3.63) is 108 Å². The third-order valence-corrected chi connectivity index (χ3v) is 5.28. The highest BCUT2D eigenvalue weighted by Crippen LogP contribution is 2.30. The molecule has 0 aliphatic heterocycles. The predicted octanol–water partition coefficient (Wildman–Crippen LogP) is 7.44. The van der Waals surface area contributed by atoms with Gasteiger partial charge in [0.25, 0.3) is 0 Å². The molecule has 0 N–H and O–H groups in total. The van der Waals surface area contributed by atoms with Gasteiger partial charge in [-0.1, -0.05) is 66.7 Å². The molecule has 0 aromatic heterocycles. The van der Waals surface area contributed by atoms with E-state index in [0.29, 0.717) is 5.39 Å². The molecule has 146 valence electrons. The summed E-state index contributed by atoms with van der Waals surface area (Å²) in [4.78, 5) is 0. The summed E-state index contributed by atoms with van der Waals surface area (Å²) < 4.78 is 28.3. The molecular weight excluding hydrogens is 376 g/mol. The molecule has 0 aliphatic carbocycles. The fraction of sp³-hybridized carbons (Fsp3) is 0.0741. The first-order chi connectivity index (χ1) is 14.6. The Morgan fingerprint density at radius 3 is 1.97 bits per heavy atom. The normalized spacial score (nSPS) is 10.7. The molecule has 0 heterocycles. The molecule has 0 bridgehead atoms. The van der Waals surface area contributed by atoms with E-state index in [-0.39, 0.29) is 5.39 Å². The van der Waals surface area contributed by atoms with Gasteiger partial charge >= 0.3 is 0 Å². The van der Waals surface area contributed by atoms with E-state index in [1.165, 1.54) is 11.6 Å². The van der Waals surface area contributed by atoms with Crippen LogP contribution in [0.5, 0.6) is 0 Å². The van der Waals surface area contributed by atoms with E-state index in [1.54, 1.807) is 24.3 Å². The van der Waals surface area contributed by atoms with Crippen molar-refractivity contribution >= 4 is 10.8 Å². The first kappa shape index (κ1) is 19.5. The van der Waals surface area contributed by atoms with Crippen molar-refractivity contribution in [2.75, 3.05) is 0 Å². The van der Waals surface area contributed by atoms with Crippen molar-refractivity contribution in [3.63, 3.8) is 0 Å². The minimum Gasteiger partial charge on any atom is -0.205 e. The van der Waals surface area contributed by atoms with Crippen LogP contribution < -0.4 is 0 Å². The molecule has 0 fully saturated rings. The lowest BCUT2D eigenvalue weighted by molar-refractivity contribution is 0.585. The van der Waals surface area contributed by atoms with Crippen LogP contribution in [0.25, 0.3) is 33.0 Å². The van der Waals surface area contributed by atoms with Gasteiger partial charge < -0.3 is 0 Å². The summed E-state index contributed by atoms with van der Waals surface area (Å²) in [6, 6.07) is 24.5. The van der Waals surface area contributed by atoms with E-state index in [4.69, 9.17) is 5.26 Å². The van der Waals surface area contributed by atoms with Crippen LogP contribution in [0.1, 0.15) is 17.5 Å². The number of hydrogen-bond acceptors (Lipinski definition) is 1. The van der Waals surface area contributed by atoms with Gasteiger partial charge in [-0.05, 0) is 58.2 Å². The smallest absolute Gasteiger partial charge is 0.151 e. The Balaban J connectivity index is 1.63. The van der Waals surface area contributed by atoms with Gasteiger partial charge in [0, 0.05) is 5.39 Å². The van der Waals surface area contributed by atoms with E-state index in [1.807, 2.05) is 30.3 Å². The van der Waals surface area contributed by atoms with Crippen LogP contribution in [-0.2, 0) is 6.42 Å². The minimum atomic E-state index is -0.841. The number of allylic oxidation sites excluding steroid dienone is 1. The predicted molar refractivity (Wildman–Crippen MR) is 118 cm³/mol. The minimum absolute atomic E-state index is 0.241. The number of nitriles is 1. The van der Waals surface area contributed by atoms with Crippen molar-refractivity contribution in [3.8, 4) is 28.3 Å². The summed E-state index contributed by atoms with van der Waals surface area (Å²) in [7, 11) is 0. The quantitative estimate of drug-likeness (QED) is 0.322. The maximum absolute atomic E-state index is 14.3. The van der Waals surface area contributed by atoms with Crippen molar-refractivity contribution in [2.24, 2.45) is 0 Å². The SMILES string of the molecule is C=CCCc1ccc(-c2ccc(-c3ccc4c(F)c(C#N)c(F)cc4c3)cc2)cc1. The van der Waals surface area contributed by atoms with E-state index in [9.17, 15) is 8.78 Å². The summed E-state index contributed by atoms with van der Waals surface area (Å²) in [5, 5.41) is 9.60. The van der Waals surface area contributed by atoms with E-state index in [2.05, 4.69) is 30.8 Å². The Hall–Kier alpha value is -3.77. The molecule has 4 aromatic carbocycles. The lowest BCUT2D eigenvalue weighted by Gasteiger charge is -2.08. The molecule has 30 heavy (non-hydrogen) atoms. The van der Waals surface area contributed by atoms with Crippen LogP contribution >= 0.6 is 0 Å². The number of rotatable bonds is 5. The fourth-order valence-electron chi connectivity index (χ4n) is 3.60. The molecular formula is C27H19F2N. The molecule has 1 nitrogen and oxygen atoms in total. The van der Waals surface area contributed by atoms with Crippen molar-refractivity contribution < 1.29 is 8.78 Å². The van der Waals surface area contributed by atoms with Crippen molar-refractivity contribution in [1.82, 2.24) is 0 Å². The summed E-state index contributed by atoms with van der Waals surface area (Å²) in [5.74, 6) is -1.66. The van der Waals surface area contributed by atoms with Gasteiger partial charge in [0.15, 0.2) is 5.82 Å². The van der Waals surface area contributed by atoms with Gasteiger partial charge in [0.05, 0.1) is 0 Å². The van der Waals surface area contributed by atoms with Gasteiger partial charge in [-0.25, -0.2) is 8.78 Å². The average Bonchev–Trinajstić information content (AvgIpc) is 2.78.